The summed E-state index contributed by atoms with van der Waals surface area (Å²) in [5, 5.41) is 14.0. The van der Waals surface area contributed by atoms with Crippen molar-refractivity contribution in [1.82, 2.24) is 15.3 Å². The van der Waals surface area contributed by atoms with Crippen molar-refractivity contribution in [3.05, 3.63) is 28.3 Å². The molecule has 0 amide bonds. The fourth-order valence-corrected chi connectivity index (χ4v) is 2.22. The fourth-order valence-electron chi connectivity index (χ4n) is 2.22. The van der Waals surface area contributed by atoms with Crippen LogP contribution in [0.25, 0.3) is 11.0 Å². The molecule has 7 heteroatoms. The molecule has 7 nitrogen and oxygen atoms in total. The lowest BCUT2D eigenvalue weighted by atomic mass is 10.1. The molecule has 2 aromatic rings. The Bertz CT molecular complexity index is 604. The van der Waals surface area contributed by atoms with E-state index in [1.807, 2.05) is 0 Å². The lowest BCUT2D eigenvalue weighted by molar-refractivity contribution is -0.384. The van der Waals surface area contributed by atoms with Crippen molar-refractivity contribution in [2.75, 3.05) is 13.1 Å². The third-order valence-corrected chi connectivity index (χ3v) is 3.18. The molecule has 1 aromatic carbocycles. The van der Waals surface area contributed by atoms with E-state index < -0.39 is 4.92 Å². The van der Waals surface area contributed by atoms with Crippen LogP contribution in [0.3, 0.4) is 0 Å². The minimum absolute atomic E-state index is 0.0435. The van der Waals surface area contributed by atoms with Crippen LogP contribution in [0.15, 0.2) is 18.2 Å². The minimum Gasteiger partial charge on any atom is -0.460 e. The Morgan fingerprint density at radius 3 is 3.11 bits per heavy atom. The molecule has 1 aromatic heterocycles. The Morgan fingerprint density at radius 2 is 2.37 bits per heavy atom. The zero-order valence-corrected chi connectivity index (χ0v) is 10.3. The molecule has 100 valence electrons. The van der Waals surface area contributed by atoms with Crippen LogP contribution in [0.5, 0.6) is 6.01 Å². The SMILES string of the molecule is O=[N+]([O-])c1ccc2nc(OC3CCCNC3)[nH]c2c1. The van der Waals surface area contributed by atoms with E-state index in [0.717, 1.165) is 25.9 Å². The molecule has 1 atom stereocenters. The van der Waals surface area contributed by atoms with E-state index >= 15 is 0 Å². The van der Waals surface area contributed by atoms with Gasteiger partial charge in [0.05, 0.1) is 16.0 Å². The number of benzene rings is 1. The van der Waals surface area contributed by atoms with Gasteiger partial charge in [-0.15, -0.1) is 0 Å². The van der Waals surface area contributed by atoms with Gasteiger partial charge >= 0.3 is 0 Å². The van der Waals surface area contributed by atoms with Crippen LogP contribution < -0.4 is 10.1 Å². The number of fused-ring (bicyclic) bond motifs is 1. The number of aromatic nitrogens is 2. The van der Waals surface area contributed by atoms with Gasteiger partial charge in [-0.25, -0.2) is 0 Å². The Morgan fingerprint density at radius 1 is 1.47 bits per heavy atom. The average Bonchev–Trinajstić information content (AvgIpc) is 2.80. The van der Waals surface area contributed by atoms with Gasteiger partial charge in [0, 0.05) is 18.7 Å². The molecule has 0 spiro atoms. The molecule has 1 aliphatic rings. The second-order valence-electron chi connectivity index (χ2n) is 4.59. The van der Waals surface area contributed by atoms with Crippen LogP contribution in [0, 0.1) is 10.1 Å². The summed E-state index contributed by atoms with van der Waals surface area (Å²) in [7, 11) is 0. The molecule has 0 radical (unpaired) electrons. The quantitative estimate of drug-likeness (QED) is 0.647. The third-order valence-electron chi connectivity index (χ3n) is 3.18. The first-order chi connectivity index (χ1) is 9.22. The van der Waals surface area contributed by atoms with Gasteiger partial charge < -0.3 is 15.0 Å². The summed E-state index contributed by atoms with van der Waals surface area (Å²) in [6.07, 6.45) is 2.17. The third kappa shape index (κ3) is 2.50. The maximum Gasteiger partial charge on any atom is 0.294 e. The standard InChI is InChI=1S/C12H14N4O3/c17-16(18)8-3-4-10-11(6-8)15-12(14-10)19-9-2-1-5-13-7-9/h3-4,6,9,13H,1-2,5,7H2,(H,14,15). The van der Waals surface area contributed by atoms with Crippen molar-refractivity contribution in [3.63, 3.8) is 0 Å². The van der Waals surface area contributed by atoms with E-state index in [0.29, 0.717) is 17.0 Å². The number of hydrogen-bond acceptors (Lipinski definition) is 5. The number of ether oxygens (including phenoxy) is 1. The van der Waals surface area contributed by atoms with Gasteiger partial charge in [0.1, 0.15) is 6.10 Å². The molecule has 2 N–H and O–H groups in total. The first-order valence-electron chi connectivity index (χ1n) is 6.24. The fraction of sp³-hybridized carbons (Fsp3) is 0.417. The number of hydrogen-bond donors (Lipinski definition) is 2. The number of nitrogens with one attached hydrogen (secondary N) is 2. The molecule has 19 heavy (non-hydrogen) atoms. The monoisotopic (exact) mass is 262 g/mol. The number of piperidine rings is 1. The maximum atomic E-state index is 10.7. The van der Waals surface area contributed by atoms with Crippen LogP contribution >= 0.6 is 0 Å². The second kappa shape index (κ2) is 4.85. The predicted octanol–water partition coefficient (Wildman–Crippen LogP) is 1.60. The smallest absolute Gasteiger partial charge is 0.294 e. The van der Waals surface area contributed by atoms with Crippen LogP contribution in [-0.2, 0) is 0 Å². The lowest BCUT2D eigenvalue weighted by Gasteiger charge is -2.22. The molecule has 0 bridgehead atoms. The summed E-state index contributed by atoms with van der Waals surface area (Å²) in [4.78, 5) is 17.5. The van der Waals surface area contributed by atoms with E-state index in [4.69, 9.17) is 4.74 Å². The predicted molar refractivity (Wildman–Crippen MR) is 69.3 cm³/mol. The summed E-state index contributed by atoms with van der Waals surface area (Å²) >= 11 is 0. The zero-order valence-electron chi connectivity index (χ0n) is 10.3. The zero-order chi connectivity index (χ0) is 13.2. The van der Waals surface area contributed by atoms with Gasteiger partial charge in [0.25, 0.3) is 11.7 Å². The van der Waals surface area contributed by atoms with Crippen LogP contribution in [0.1, 0.15) is 12.8 Å². The molecule has 1 saturated heterocycles. The number of nitro groups is 1. The van der Waals surface area contributed by atoms with E-state index in [-0.39, 0.29) is 11.8 Å². The van der Waals surface area contributed by atoms with Gasteiger partial charge in [-0.1, -0.05) is 0 Å². The number of rotatable bonds is 3. The number of non-ortho nitro benzene ring substituents is 1. The maximum absolute atomic E-state index is 10.7. The number of H-pyrrole nitrogens is 1. The number of nitrogens with zero attached hydrogens (tertiary/aromatic N) is 2. The Labute approximate surface area is 109 Å². The van der Waals surface area contributed by atoms with Gasteiger partial charge in [-0.2, -0.15) is 4.98 Å². The Balaban J connectivity index is 1.82. The highest BCUT2D eigenvalue weighted by atomic mass is 16.6. The minimum atomic E-state index is -0.425. The largest absolute Gasteiger partial charge is 0.460 e. The summed E-state index contributed by atoms with van der Waals surface area (Å²) in [6, 6.07) is 4.95. The van der Waals surface area contributed by atoms with Crippen molar-refractivity contribution >= 4 is 16.7 Å². The summed E-state index contributed by atoms with van der Waals surface area (Å²) in [6.45, 7) is 1.82. The molecule has 0 saturated carbocycles. The van der Waals surface area contributed by atoms with E-state index in [1.165, 1.54) is 12.1 Å². The first kappa shape index (κ1) is 11.9. The molecule has 1 aliphatic heterocycles. The van der Waals surface area contributed by atoms with Gasteiger partial charge in [-0.3, -0.25) is 10.1 Å². The van der Waals surface area contributed by atoms with Crippen LogP contribution in [0.4, 0.5) is 5.69 Å². The Hall–Kier alpha value is -2.15. The summed E-state index contributed by atoms with van der Waals surface area (Å²) in [5.74, 6) is 0. The number of nitro benzene ring substituents is 1. The highest BCUT2D eigenvalue weighted by Crippen LogP contribution is 2.22. The van der Waals surface area contributed by atoms with E-state index in [9.17, 15) is 10.1 Å². The van der Waals surface area contributed by atoms with E-state index in [1.54, 1.807) is 6.07 Å². The van der Waals surface area contributed by atoms with Crippen molar-refractivity contribution in [2.45, 2.75) is 18.9 Å². The Kier molecular flexibility index (Phi) is 3.04. The van der Waals surface area contributed by atoms with Crippen molar-refractivity contribution in [1.29, 1.82) is 0 Å². The highest BCUT2D eigenvalue weighted by molar-refractivity contribution is 5.78. The van der Waals surface area contributed by atoms with Gasteiger partial charge in [0.2, 0.25) is 0 Å². The average molecular weight is 262 g/mol. The van der Waals surface area contributed by atoms with E-state index in [2.05, 4.69) is 15.3 Å². The molecule has 0 aliphatic carbocycles. The number of aromatic amines is 1. The van der Waals surface area contributed by atoms with Gasteiger partial charge in [0.15, 0.2) is 0 Å². The van der Waals surface area contributed by atoms with Crippen LogP contribution in [0.2, 0.25) is 0 Å². The normalized spacial score (nSPS) is 19.5. The van der Waals surface area contributed by atoms with Crippen molar-refractivity contribution in [2.24, 2.45) is 0 Å². The molecule has 1 fully saturated rings. The highest BCUT2D eigenvalue weighted by Gasteiger charge is 2.17. The summed E-state index contributed by atoms with van der Waals surface area (Å²) < 4.78 is 5.74. The second-order valence-corrected chi connectivity index (χ2v) is 4.59. The first-order valence-corrected chi connectivity index (χ1v) is 6.24. The van der Waals surface area contributed by atoms with Gasteiger partial charge in [-0.05, 0) is 25.5 Å². The number of imidazole rings is 1. The lowest BCUT2D eigenvalue weighted by Crippen LogP contribution is -2.37. The molecule has 2 heterocycles. The molecule has 3 rings (SSSR count). The molecular weight excluding hydrogens is 248 g/mol. The van der Waals surface area contributed by atoms with Crippen molar-refractivity contribution in [3.8, 4) is 6.01 Å². The summed E-state index contributed by atoms with van der Waals surface area (Å²) in [5.41, 5.74) is 1.33. The topological polar surface area (TPSA) is 93.1 Å². The molecule has 1 unspecified atom stereocenters. The van der Waals surface area contributed by atoms with Crippen molar-refractivity contribution < 1.29 is 9.66 Å². The molecular formula is C12H14N4O3. The van der Waals surface area contributed by atoms with Crippen LogP contribution in [-0.4, -0.2) is 34.1 Å².